The molecule has 1 aromatic heterocycles. The van der Waals surface area contributed by atoms with Crippen LogP contribution in [0.4, 0.5) is 0 Å². The summed E-state index contributed by atoms with van der Waals surface area (Å²) in [6.45, 7) is 1.88. The van der Waals surface area contributed by atoms with E-state index < -0.39 is 9.84 Å². The van der Waals surface area contributed by atoms with Gasteiger partial charge < -0.3 is 4.57 Å². The minimum Gasteiger partial charge on any atom is -0.311 e. The van der Waals surface area contributed by atoms with Crippen molar-refractivity contribution in [2.75, 3.05) is 0 Å². The van der Waals surface area contributed by atoms with Crippen LogP contribution in [0.25, 0.3) is 10.8 Å². The number of rotatable bonds is 5. The molecule has 0 bridgehead atoms. The van der Waals surface area contributed by atoms with Crippen LogP contribution in [0.15, 0.2) is 42.5 Å². The van der Waals surface area contributed by atoms with Gasteiger partial charge in [0.15, 0.2) is 9.84 Å². The molecule has 5 nitrogen and oxygen atoms in total. The fourth-order valence-corrected chi connectivity index (χ4v) is 4.64. The second kappa shape index (κ2) is 5.70. The molecule has 24 heavy (non-hydrogen) atoms. The summed E-state index contributed by atoms with van der Waals surface area (Å²) in [5.41, 5.74) is 0.835. The highest BCUT2D eigenvalue weighted by molar-refractivity contribution is 7.89. The van der Waals surface area contributed by atoms with Gasteiger partial charge in [-0.1, -0.05) is 42.5 Å². The monoisotopic (exact) mass is 341 g/mol. The number of sulfone groups is 1. The van der Waals surface area contributed by atoms with Crippen molar-refractivity contribution in [3.63, 3.8) is 0 Å². The fraction of sp³-hybridized carbons (Fsp3) is 0.333. The highest BCUT2D eigenvalue weighted by atomic mass is 32.2. The molecule has 2 aromatic carbocycles. The number of fused-ring (bicyclic) bond motifs is 1. The molecule has 1 fully saturated rings. The van der Waals surface area contributed by atoms with Gasteiger partial charge in [0.1, 0.15) is 17.4 Å². The first-order valence-corrected chi connectivity index (χ1v) is 9.93. The van der Waals surface area contributed by atoms with E-state index in [1.54, 1.807) is 0 Å². The third-order valence-corrected chi connectivity index (χ3v) is 5.90. The molecule has 1 heterocycles. The van der Waals surface area contributed by atoms with Gasteiger partial charge in [-0.15, -0.1) is 10.2 Å². The Morgan fingerprint density at radius 1 is 1.04 bits per heavy atom. The number of hydrogen-bond donors (Lipinski definition) is 0. The molecule has 1 aliphatic rings. The third-order valence-electron chi connectivity index (χ3n) is 4.45. The number of benzene rings is 2. The van der Waals surface area contributed by atoms with Gasteiger partial charge in [-0.05, 0) is 36.1 Å². The number of nitrogens with zero attached hydrogens (tertiary/aromatic N) is 3. The Bertz CT molecular complexity index is 999. The first-order chi connectivity index (χ1) is 11.5. The van der Waals surface area contributed by atoms with Crippen molar-refractivity contribution < 1.29 is 8.42 Å². The summed E-state index contributed by atoms with van der Waals surface area (Å²) in [4.78, 5) is 0. The molecule has 1 aliphatic carbocycles. The predicted molar refractivity (Wildman–Crippen MR) is 93.3 cm³/mol. The van der Waals surface area contributed by atoms with Gasteiger partial charge in [0.05, 0.1) is 5.75 Å². The van der Waals surface area contributed by atoms with Crippen LogP contribution < -0.4 is 0 Å². The van der Waals surface area contributed by atoms with Crippen LogP contribution in [-0.4, -0.2) is 23.2 Å². The first kappa shape index (κ1) is 15.3. The molecule has 0 unspecified atom stereocenters. The average Bonchev–Trinajstić information content (AvgIpc) is 3.32. The van der Waals surface area contributed by atoms with Crippen LogP contribution in [0, 0.1) is 6.92 Å². The highest BCUT2D eigenvalue weighted by Crippen LogP contribution is 2.36. The van der Waals surface area contributed by atoms with Gasteiger partial charge in [-0.2, -0.15) is 0 Å². The first-order valence-electron chi connectivity index (χ1n) is 8.11. The molecule has 0 radical (unpaired) electrons. The molecule has 124 valence electrons. The molecule has 1 saturated carbocycles. The molecule has 0 aliphatic heterocycles. The molecule has 0 spiro atoms. The van der Waals surface area contributed by atoms with Crippen LogP contribution >= 0.6 is 0 Å². The van der Waals surface area contributed by atoms with E-state index in [1.807, 2.05) is 54.0 Å². The maximum absolute atomic E-state index is 12.7. The van der Waals surface area contributed by atoms with E-state index in [2.05, 4.69) is 10.2 Å². The molecule has 0 amide bonds. The van der Waals surface area contributed by atoms with Crippen molar-refractivity contribution in [1.29, 1.82) is 0 Å². The highest BCUT2D eigenvalue weighted by Gasteiger charge is 2.30. The average molecular weight is 341 g/mol. The molecular formula is C18H19N3O2S. The van der Waals surface area contributed by atoms with E-state index in [0.29, 0.717) is 11.9 Å². The van der Waals surface area contributed by atoms with Gasteiger partial charge in [-0.25, -0.2) is 8.42 Å². The number of hydrogen-bond acceptors (Lipinski definition) is 4. The summed E-state index contributed by atoms with van der Waals surface area (Å²) in [5, 5.41) is 10.2. The lowest BCUT2D eigenvalue weighted by Crippen LogP contribution is -2.13. The molecule has 3 aromatic rings. The molecule has 4 rings (SSSR count). The fourth-order valence-electron chi connectivity index (χ4n) is 3.22. The summed E-state index contributed by atoms with van der Waals surface area (Å²) in [6.07, 6.45) is 2.16. The van der Waals surface area contributed by atoms with Gasteiger partial charge in [0.2, 0.25) is 0 Å². The Kier molecular flexibility index (Phi) is 3.64. The number of aryl methyl sites for hydroxylation is 1. The van der Waals surface area contributed by atoms with Crippen molar-refractivity contribution in [3.05, 3.63) is 59.7 Å². The van der Waals surface area contributed by atoms with Gasteiger partial charge in [-0.3, -0.25) is 0 Å². The normalized spacial score (nSPS) is 15.0. The Morgan fingerprint density at radius 2 is 1.79 bits per heavy atom. The molecular weight excluding hydrogens is 322 g/mol. The quantitative estimate of drug-likeness (QED) is 0.715. The van der Waals surface area contributed by atoms with E-state index in [0.717, 1.165) is 35.0 Å². The lowest BCUT2D eigenvalue weighted by Gasteiger charge is -2.09. The van der Waals surface area contributed by atoms with Crippen molar-refractivity contribution in [2.24, 2.45) is 0 Å². The zero-order valence-corrected chi connectivity index (χ0v) is 14.3. The van der Waals surface area contributed by atoms with Crippen LogP contribution in [-0.2, 0) is 21.3 Å². The SMILES string of the molecule is Cc1nnc(CS(=O)(=O)Cc2cccc3ccccc23)n1C1CC1. The van der Waals surface area contributed by atoms with Crippen molar-refractivity contribution in [1.82, 2.24) is 14.8 Å². The van der Waals surface area contributed by atoms with Crippen LogP contribution in [0.3, 0.4) is 0 Å². The molecule has 0 saturated heterocycles. The van der Waals surface area contributed by atoms with Gasteiger partial charge in [0.25, 0.3) is 0 Å². The summed E-state index contributed by atoms with van der Waals surface area (Å²) >= 11 is 0. The second-order valence-electron chi connectivity index (χ2n) is 6.44. The smallest absolute Gasteiger partial charge is 0.161 e. The Labute approximate surface area is 141 Å². The number of aromatic nitrogens is 3. The van der Waals surface area contributed by atoms with Crippen LogP contribution in [0.5, 0.6) is 0 Å². The lowest BCUT2D eigenvalue weighted by atomic mass is 10.1. The Hall–Kier alpha value is -2.21. The van der Waals surface area contributed by atoms with E-state index in [1.165, 1.54) is 0 Å². The van der Waals surface area contributed by atoms with Crippen molar-refractivity contribution in [2.45, 2.75) is 37.3 Å². The molecule has 6 heteroatoms. The van der Waals surface area contributed by atoms with Crippen LogP contribution in [0.2, 0.25) is 0 Å². The summed E-state index contributed by atoms with van der Waals surface area (Å²) in [5.74, 6) is 1.32. The summed E-state index contributed by atoms with van der Waals surface area (Å²) < 4.78 is 27.5. The lowest BCUT2D eigenvalue weighted by molar-refractivity contribution is 0.588. The maximum Gasteiger partial charge on any atom is 0.161 e. The zero-order chi connectivity index (χ0) is 16.7. The van der Waals surface area contributed by atoms with Crippen molar-refractivity contribution >= 4 is 20.6 Å². The Morgan fingerprint density at radius 3 is 2.58 bits per heavy atom. The summed E-state index contributed by atoms with van der Waals surface area (Å²) in [6, 6.07) is 14.0. The van der Waals surface area contributed by atoms with E-state index >= 15 is 0 Å². The van der Waals surface area contributed by atoms with E-state index in [-0.39, 0.29) is 11.5 Å². The van der Waals surface area contributed by atoms with Crippen molar-refractivity contribution in [3.8, 4) is 0 Å². The Balaban J connectivity index is 1.64. The second-order valence-corrected chi connectivity index (χ2v) is 8.50. The topological polar surface area (TPSA) is 64.8 Å². The third kappa shape index (κ3) is 2.94. The standard InChI is InChI=1S/C18H19N3O2S/c1-13-19-20-18(21(13)16-9-10-16)12-24(22,23)11-15-7-4-6-14-5-2-3-8-17(14)15/h2-8,16H,9-12H2,1H3. The molecule has 0 N–H and O–H groups in total. The summed E-state index contributed by atoms with van der Waals surface area (Å²) in [7, 11) is -3.32. The largest absolute Gasteiger partial charge is 0.311 e. The minimum atomic E-state index is -3.32. The van der Waals surface area contributed by atoms with E-state index in [9.17, 15) is 8.42 Å². The van der Waals surface area contributed by atoms with Gasteiger partial charge in [0, 0.05) is 6.04 Å². The molecule has 0 atom stereocenters. The van der Waals surface area contributed by atoms with E-state index in [4.69, 9.17) is 0 Å². The minimum absolute atomic E-state index is 0.0188. The van der Waals surface area contributed by atoms with Crippen LogP contribution in [0.1, 0.15) is 36.1 Å². The van der Waals surface area contributed by atoms with Gasteiger partial charge >= 0.3 is 0 Å². The maximum atomic E-state index is 12.7. The zero-order valence-electron chi connectivity index (χ0n) is 13.5. The predicted octanol–water partition coefficient (Wildman–Crippen LogP) is 3.19.